The number of aromatic nitrogens is 2. The number of fused-ring (bicyclic) bond motifs is 1. The van der Waals surface area contributed by atoms with E-state index in [1.54, 1.807) is 18.2 Å². The van der Waals surface area contributed by atoms with Gasteiger partial charge in [-0.1, -0.05) is 11.6 Å². The lowest BCUT2D eigenvalue weighted by Crippen LogP contribution is -2.46. The summed E-state index contributed by atoms with van der Waals surface area (Å²) in [6.45, 7) is 0.623. The Balaban J connectivity index is 2.23. The second kappa shape index (κ2) is 5.92. The Bertz CT molecular complexity index is 1070. The Morgan fingerprint density at radius 2 is 1.72 bits per heavy atom. The minimum absolute atomic E-state index is 0.180. The lowest BCUT2D eigenvalue weighted by molar-refractivity contribution is 0.578. The summed E-state index contributed by atoms with van der Waals surface area (Å²) in [5.41, 5.74) is -0.343. The van der Waals surface area contributed by atoms with E-state index in [2.05, 4.69) is 0 Å². The number of rotatable bonds is 2. The number of hydrogen-bond acceptors (Lipinski definition) is 5. The second-order valence-corrected chi connectivity index (χ2v) is 8.15. The topological polar surface area (TPSA) is 84.6 Å². The molecule has 0 atom stereocenters. The number of hydrogen-bond donors (Lipinski definition) is 0. The molecule has 0 radical (unpaired) electrons. The molecular formula is C15H17ClN4O4S. The molecule has 1 aliphatic heterocycles. The van der Waals surface area contributed by atoms with Gasteiger partial charge in [-0.2, -0.15) is 0 Å². The molecule has 0 N–H and O–H groups in total. The lowest BCUT2D eigenvalue weighted by Gasteiger charge is -2.36. The highest BCUT2D eigenvalue weighted by Crippen LogP contribution is 2.37. The van der Waals surface area contributed by atoms with E-state index in [1.165, 1.54) is 18.4 Å². The molecule has 25 heavy (non-hydrogen) atoms. The van der Waals surface area contributed by atoms with E-state index in [1.807, 2.05) is 11.9 Å². The van der Waals surface area contributed by atoms with E-state index in [9.17, 15) is 18.0 Å². The molecule has 134 valence electrons. The quantitative estimate of drug-likeness (QED) is 0.747. The smallest absolute Gasteiger partial charge is 0.330 e. The van der Waals surface area contributed by atoms with Crippen molar-refractivity contribution in [1.29, 1.82) is 0 Å². The molecule has 1 aliphatic rings. The summed E-state index contributed by atoms with van der Waals surface area (Å²) in [6.07, 6.45) is 1.06. The summed E-state index contributed by atoms with van der Waals surface area (Å²) in [5.74, 6) is 0. The molecule has 2 aromatic rings. The van der Waals surface area contributed by atoms with Crippen molar-refractivity contribution in [3.8, 4) is 0 Å². The average molecular weight is 385 g/mol. The van der Waals surface area contributed by atoms with Crippen molar-refractivity contribution < 1.29 is 8.42 Å². The SMILES string of the molecule is CN1CCN(S(=O)(=O)c2cn(C)c(=O)n(C)c2=O)c2ccc(Cl)cc21. The first-order valence-electron chi connectivity index (χ1n) is 7.44. The molecule has 0 aliphatic carbocycles. The van der Waals surface area contributed by atoms with Crippen LogP contribution < -0.4 is 20.5 Å². The van der Waals surface area contributed by atoms with Gasteiger partial charge in [-0.25, -0.2) is 13.2 Å². The van der Waals surface area contributed by atoms with Crippen molar-refractivity contribution in [2.45, 2.75) is 4.90 Å². The summed E-state index contributed by atoms with van der Waals surface area (Å²) in [4.78, 5) is 25.6. The van der Waals surface area contributed by atoms with Crippen LogP contribution in [-0.4, -0.2) is 37.7 Å². The summed E-state index contributed by atoms with van der Waals surface area (Å²) < 4.78 is 29.3. The fourth-order valence-corrected chi connectivity index (χ4v) is 4.60. The van der Waals surface area contributed by atoms with Crippen LogP contribution in [0.15, 0.2) is 38.9 Å². The summed E-state index contributed by atoms with van der Waals surface area (Å²) in [7, 11) is 0.357. The predicted molar refractivity (Wildman–Crippen MR) is 96.2 cm³/mol. The third-order valence-corrected chi connectivity index (χ3v) is 6.27. The van der Waals surface area contributed by atoms with Crippen LogP contribution in [0, 0.1) is 0 Å². The number of nitrogens with zero attached hydrogens (tertiary/aromatic N) is 4. The third kappa shape index (κ3) is 2.73. The minimum Gasteiger partial charge on any atom is -0.371 e. The Kier molecular flexibility index (Phi) is 4.16. The second-order valence-electron chi connectivity index (χ2n) is 5.88. The van der Waals surface area contributed by atoms with E-state index in [4.69, 9.17) is 11.6 Å². The van der Waals surface area contributed by atoms with Crippen molar-refractivity contribution in [2.75, 3.05) is 29.3 Å². The Hall–Kier alpha value is -2.26. The number of aryl methyl sites for hydroxylation is 1. The maximum Gasteiger partial charge on any atom is 0.330 e. The molecule has 0 fully saturated rings. The molecule has 8 nitrogen and oxygen atoms in total. The van der Waals surface area contributed by atoms with E-state index in [0.29, 0.717) is 22.9 Å². The molecule has 0 amide bonds. The van der Waals surface area contributed by atoms with Crippen LogP contribution >= 0.6 is 11.6 Å². The van der Waals surface area contributed by atoms with Crippen LogP contribution in [0.4, 0.5) is 11.4 Å². The maximum atomic E-state index is 13.1. The number of benzene rings is 1. The predicted octanol–water partition coefficient (Wildman–Crippen LogP) is 0.382. The number of halogens is 1. The van der Waals surface area contributed by atoms with E-state index in [-0.39, 0.29) is 6.54 Å². The van der Waals surface area contributed by atoms with Crippen molar-refractivity contribution in [3.63, 3.8) is 0 Å². The van der Waals surface area contributed by atoms with E-state index >= 15 is 0 Å². The monoisotopic (exact) mass is 384 g/mol. The van der Waals surface area contributed by atoms with Gasteiger partial charge in [-0.05, 0) is 18.2 Å². The van der Waals surface area contributed by atoms with Gasteiger partial charge >= 0.3 is 5.69 Å². The fraction of sp³-hybridized carbons (Fsp3) is 0.333. The van der Waals surface area contributed by atoms with Crippen molar-refractivity contribution >= 4 is 33.0 Å². The number of sulfonamides is 1. The minimum atomic E-state index is -4.13. The third-order valence-electron chi connectivity index (χ3n) is 4.24. The largest absolute Gasteiger partial charge is 0.371 e. The molecule has 2 heterocycles. The maximum absolute atomic E-state index is 13.1. The van der Waals surface area contributed by atoms with Gasteiger partial charge in [0, 0.05) is 38.9 Å². The summed E-state index contributed by atoms with van der Waals surface area (Å²) in [6, 6.07) is 4.88. The van der Waals surface area contributed by atoms with E-state index < -0.39 is 26.2 Å². The van der Waals surface area contributed by atoms with Gasteiger partial charge in [-0.3, -0.25) is 13.7 Å². The van der Waals surface area contributed by atoms with Crippen LogP contribution in [-0.2, 0) is 24.1 Å². The van der Waals surface area contributed by atoms with Gasteiger partial charge in [0.2, 0.25) is 0 Å². The van der Waals surface area contributed by atoms with Crippen molar-refractivity contribution in [3.05, 3.63) is 50.3 Å². The Morgan fingerprint density at radius 1 is 1.04 bits per heavy atom. The van der Waals surface area contributed by atoms with Crippen LogP contribution in [0.5, 0.6) is 0 Å². The van der Waals surface area contributed by atoms with Crippen LogP contribution in [0.3, 0.4) is 0 Å². The van der Waals surface area contributed by atoms with Crippen molar-refractivity contribution in [2.24, 2.45) is 14.1 Å². The van der Waals surface area contributed by atoms with Crippen LogP contribution in [0.25, 0.3) is 0 Å². The zero-order valence-electron chi connectivity index (χ0n) is 13.9. The molecule has 1 aromatic carbocycles. The van der Waals surface area contributed by atoms with Gasteiger partial charge in [0.1, 0.15) is 0 Å². The van der Waals surface area contributed by atoms with Gasteiger partial charge in [0.05, 0.1) is 17.9 Å². The molecular weight excluding hydrogens is 368 g/mol. The van der Waals surface area contributed by atoms with Crippen LogP contribution in [0.1, 0.15) is 0 Å². The van der Waals surface area contributed by atoms with Gasteiger partial charge < -0.3 is 9.47 Å². The molecule has 10 heteroatoms. The highest BCUT2D eigenvalue weighted by atomic mass is 35.5. The van der Waals surface area contributed by atoms with Crippen molar-refractivity contribution in [1.82, 2.24) is 9.13 Å². The van der Waals surface area contributed by atoms with Gasteiger partial charge in [0.25, 0.3) is 15.6 Å². The normalized spacial score (nSPS) is 14.6. The standard InChI is InChI=1S/C15H17ClN4O4S/c1-17-6-7-20(11-5-4-10(16)8-12(11)17)25(23,24)13-9-18(2)15(22)19(3)14(13)21/h4-5,8-9H,6-7H2,1-3H3. The van der Waals surface area contributed by atoms with Crippen LogP contribution in [0.2, 0.25) is 5.02 Å². The first-order chi connectivity index (χ1) is 11.6. The molecule has 0 spiro atoms. The summed E-state index contributed by atoms with van der Waals surface area (Å²) in [5, 5.41) is 0.489. The zero-order valence-corrected chi connectivity index (χ0v) is 15.5. The molecule has 0 saturated heterocycles. The molecule has 0 bridgehead atoms. The Labute approximate surface area is 149 Å². The Morgan fingerprint density at radius 3 is 2.40 bits per heavy atom. The first kappa shape index (κ1) is 17.6. The molecule has 0 unspecified atom stereocenters. The fourth-order valence-electron chi connectivity index (χ4n) is 2.82. The van der Waals surface area contributed by atoms with Gasteiger partial charge in [-0.15, -0.1) is 0 Å². The molecule has 1 aromatic heterocycles. The highest BCUT2D eigenvalue weighted by Gasteiger charge is 2.33. The first-order valence-corrected chi connectivity index (χ1v) is 9.26. The lowest BCUT2D eigenvalue weighted by atomic mass is 10.2. The highest BCUT2D eigenvalue weighted by molar-refractivity contribution is 7.92. The summed E-state index contributed by atoms with van der Waals surface area (Å²) >= 11 is 6.02. The van der Waals surface area contributed by atoms with Gasteiger partial charge in [0.15, 0.2) is 4.90 Å². The number of likely N-dealkylation sites (N-methyl/N-ethyl adjacent to an activating group) is 1. The zero-order chi connectivity index (χ0) is 18.5. The molecule has 3 rings (SSSR count). The van der Waals surface area contributed by atoms with E-state index in [0.717, 1.165) is 15.3 Å². The average Bonchev–Trinajstić information content (AvgIpc) is 2.56. The number of anilines is 2. The molecule has 0 saturated carbocycles.